The molecule has 0 bridgehead atoms. The molecule has 0 atom stereocenters. The molecule has 8 nitrogen and oxygen atoms in total. The second-order valence-corrected chi connectivity index (χ2v) is 5.32. The zero-order chi connectivity index (χ0) is 19.6. The maximum absolute atomic E-state index is 13.7. The predicted octanol–water partition coefficient (Wildman–Crippen LogP) is 1.82. The average Bonchev–Trinajstić information content (AvgIpc) is 3.04. The number of halogens is 2. The van der Waals surface area contributed by atoms with E-state index in [1.165, 1.54) is 18.5 Å². The molecule has 10 heteroatoms. The van der Waals surface area contributed by atoms with Gasteiger partial charge in [0, 0.05) is 24.0 Å². The van der Waals surface area contributed by atoms with Crippen LogP contribution in [-0.4, -0.2) is 27.0 Å². The van der Waals surface area contributed by atoms with Crippen LogP contribution in [0.5, 0.6) is 0 Å². The molecule has 3 aromatic rings. The van der Waals surface area contributed by atoms with Crippen molar-refractivity contribution in [2.24, 2.45) is 5.73 Å². The van der Waals surface area contributed by atoms with Crippen molar-refractivity contribution in [2.45, 2.75) is 6.54 Å². The van der Waals surface area contributed by atoms with E-state index in [0.29, 0.717) is 0 Å². The first-order valence-electron chi connectivity index (χ1n) is 7.53. The van der Waals surface area contributed by atoms with Gasteiger partial charge in [0.1, 0.15) is 11.3 Å². The number of carboxylic acid groups (broad SMARTS) is 1. The zero-order valence-corrected chi connectivity index (χ0v) is 13.6. The van der Waals surface area contributed by atoms with Crippen LogP contribution < -0.4 is 11.1 Å². The molecular weight excluding hydrogens is 362 g/mol. The summed E-state index contributed by atoms with van der Waals surface area (Å²) < 4.78 is 32.6. The molecule has 0 aliphatic carbocycles. The number of fused-ring (bicyclic) bond motifs is 1. The van der Waals surface area contributed by atoms with Gasteiger partial charge >= 0.3 is 5.97 Å². The number of aromatic carboxylic acids is 1. The Hall–Kier alpha value is -3.82. The van der Waals surface area contributed by atoms with Crippen LogP contribution in [0, 0.1) is 11.6 Å². The molecule has 3 rings (SSSR count). The fourth-order valence-electron chi connectivity index (χ4n) is 2.41. The fraction of sp³-hybridized carbons (Fsp3) is 0.0588. The maximum atomic E-state index is 13.7. The van der Waals surface area contributed by atoms with Crippen molar-refractivity contribution in [3.05, 3.63) is 65.6 Å². The van der Waals surface area contributed by atoms with Crippen molar-refractivity contribution >= 4 is 28.4 Å². The molecule has 0 saturated carbocycles. The van der Waals surface area contributed by atoms with Crippen molar-refractivity contribution in [1.82, 2.24) is 15.3 Å². The van der Waals surface area contributed by atoms with Gasteiger partial charge in [-0.3, -0.25) is 4.79 Å². The van der Waals surface area contributed by atoms with Gasteiger partial charge in [-0.2, -0.15) is 0 Å². The van der Waals surface area contributed by atoms with E-state index >= 15 is 0 Å². The molecule has 0 aliphatic rings. The summed E-state index contributed by atoms with van der Waals surface area (Å²) in [5, 5.41) is 11.6. The van der Waals surface area contributed by atoms with Crippen LogP contribution >= 0.6 is 0 Å². The lowest BCUT2D eigenvalue weighted by atomic mass is 10.1. The standard InChI is InChI=1S/C17H12F2N4O4/c18-11-5-8-4-9(27-14(8)12(13(11)19)17(25)26)7-23-16(24)10(6-20)15-21-2-1-3-22-15/h1-6H,7,20H2,(H,23,24)(H,25,26)/b10-6+. The minimum atomic E-state index is -1.67. The summed E-state index contributed by atoms with van der Waals surface area (Å²) in [4.78, 5) is 31.3. The highest BCUT2D eigenvalue weighted by molar-refractivity contribution is 6.18. The summed E-state index contributed by atoms with van der Waals surface area (Å²) in [7, 11) is 0. The van der Waals surface area contributed by atoms with Crippen molar-refractivity contribution in [3.8, 4) is 0 Å². The third kappa shape index (κ3) is 3.45. The van der Waals surface area contributed by atoms with Crippen LogP contribution in [0.2, 0.25) is 0 Å². The number of rotatable bonds is 5. The highest BCUT2D eigenvalue weighted by Gasteiger charge is 2.23. The SMILES string of the molecule is N/C=C(/C(=O)NCc1cc2cc(F)c(F)c(C(=O)O)c2o1)c1ncccn1. The Morgan fingerprint density at radius 2 is 1.96 bits per heavy atom. The van der Waals surface area contributed by atoms with Gasteiger partial charge in [-0.1, -0.05) is 0 Å². The van der Waals surface area contributed by atoms with Gasteiger partial charge in [0.15, 0.2) is 23.0 Å². The van der Waals surface area contributed by atoms with Gasteiger partial charge < -0.3 is 20.6 Å². The molecule has 4 N–H and O–H groups in total. The third-order valence-corrected chi connectivity index (χ3v) is 3.61. The molecule has 0 aliphatic heterocycles. The Morgan fingerprint density at radius 1 is 1.26 bits per heavy atom. The number of benzene rings is 1. The van der Waals surface area contributed by atoms with Gasteiger partial charge in [-0.05, 0) is 18.2 Å². The van der Waals surface area contributed by atoms with Crippen molar-refractivity contribution in [2.75, 3.05) is 0 Å². The minimum Gasteiger partial charge on any atom is -0.477 e. The molecule has 27 heavy (non-hydrogen) atoms. The summed E-state index contributed by atoms with van der Waals surface area (Å²) >= 11 is 0. The number of hydrogen-bond acceptors (Lipinski definition) is 6. The van der Waals surface area contributed by atoms with E-state index in [-0.39, 0.29) is 34.7 Å². The van der Waals surface area contributed by atoms with Crippen LogP contribution in [0.3, 0.4) is 0 Å². The van der Waals surface area contributed by atoms with Gasteiger partial charge in [-0.15, -0.1) is 0 Å². The number of hydrogen-bond donors (Lipinski definition) is 3. The van der Waals surface area contributed by atoms with Crippen molar-refractivity contribution < 1.29 is 27.9 Å². The van der Waals surface area contributed by atoms with E-state index < -0.39 is 29.1 Å². The maximum Gasteiger partial charge on any atom is 0.342 e. The van der Waals surface area contributed by atoms with Gasteiger partial charge in [-0.25, -0.2) is 23.5 Å². The largest absolute Gasteiger partial charge is 0.477 e. The molecule has 0 spiro atoms. The highest BCUT2D eigenvalue weighted by atomic mass is 19.2. The lowest BCUT2D eigenvalue weighted by Crippen LogP contribution is -2.25. The van der Waals surface area contributed by atoms with E-state index in [2.05, 4.69) is 15.3 Å². The quantitative estimate of drug-likeness (QED) is 0.580. The number of nitrogens with zero attached hydrogens (tertiary/aromatic N) is 2. The number of carbonyl (C=O) groups excluding carboxylic acids is 1. The molecule has 2 heterocycles. The molecule has 0 unspecified atom stereocenters. The van der Waals surface area contributed by atoms with Gasteiger partial charge in [0.05, 0.1) is 12.1 Å². The number of carboxylic acids is 1. The second-order valence-electron chi connectivity index (χ2n) is 5.32. The lowest BCUT2D eigenvalue weighted by Gasteiger charge is -2.05. The first-order chi connectivity index (χ1) is 12.9. The molecule has 0 saturated heterocycles. The second kappa shape index (κ2) is 7.20. The van der Waals surface area contributed by atoms with Crippen molar-refractivity contribution in [3.63, 3.8) is 0 Å². The Labute approximate surface area is 150 Å². The minimum absolute atomic E-state index is 0.00928. The number of aromatic nitrogens is 2. The first-order valence-corrected chi connectivity index (χ1v) is 7.53. The summed E-state index contributed by atoms with van der Waals surface area (Å²) in [6, 6.07) is 3.69. The van der Waals surface area contributed by atoms with E-state index in [1.807, 2.05) is 0 Å². The number of nitrogens with one attached hydrogen (secondary N) is 1. The Balaban J connectivity index is 1.84. The van der Waals surface area contributed by atoms with Crippen molar-refractivity contribution in [1.29, 1.82) is 0 Å². The summed E-state index contributed by atoms with van der Waals surface area (Å²) in [6.45, 7) is -0.181. The fourth-order valence-corrected chi connectivity index (χ4v) is 2.41. The molecular formula is C17H12F2N4O4. The molecule has 1 amide bonds. The third-order valence-electron chi connectivity index (χ3n) is 3.61. The van der Waals surface area contributed by atoms with Crippen LogP contribution in [-0.2, 0) is 11.3 Å². The van der Waals surface area contributed by atoms with Crippen LogP contribution in [0.4, 0.5) is 8.78 Å². The lowest BCUT2D eigenvalue weighted by molar-refractivity contribution is -0.115. The summed E-state index contributed by atoms with van der Waals surface area (Å²) in [6.07, 6.45) is 3.92. The molecule has 0 radical (unpaired) electrons. The number of carbonyl (C=O) groups is 2. The van der Waals surface area contributed by atoms with Gasteiger partial charge in [0.2, 0.25) is 0 Å². The smallest absolute Gasteiger partial charge is 0.342 e. The monoisotopic (exact) mass is 374 g/mol. The average molecular weight is 374 g/mol. The normalized spacial score (nSPS) is 11.6. The number of furan rings is 1. The van der Waals surface area contributed by atoms with E-state index in [4.69, 9.17) is 15.3 Å². The van der Waals surface area contributed by atoms with E-state index in [9.17, 15) is 18.4 Å². The number of nitrogens with two attached hydrogens (primary N) is 1. The van der Waals surface area contributed by atoms with Gasteiger partial charge in [0.25, 0.3) is 5.91 Å². The van der Waals surface area contributed by atoms with E-state index in [0.717, 1.165) is 12.3 Å². The first kappa shape index (κ1) is 18.0. The zero-order valence-electron chi connectivity index (χ0n) is 13.6. The summed E-state index contributed by atoms with van der Waals surface area (Å²) in [5.41, 5.74) is 4.22. The molecule has 0 fully saturated rings. The molecule has 138 valence electrons. The Bertz CT molecular complexity index is 1060. The predicted molar refractivity (Wildman–Crippen MR) is 89.1 cm³/mol. The summed E-state index contributed by atoms with van der Waals surface area (Å²) in [5.74, 6) is -4.91. The van der Waals surface area contributed by atoms with Crippen LogP contribution in [0.25, 0.3) is 16.5 Å². The molecule has 1 aromatic carbocycles. The number of amides is 1. The topological polar surface area (TPSA) is 131 Å². The highest BCUT2D eigenvalue weighted by Crippen LogP contribution is 2.27. The molecule has 2 aromatic heterocycles. The van der Waals surface area contributed by atoms with E-state index in [1.54, 1.807) is 6.07 Å². The van der Waals surface area contributed by atoms with Crippen LogP contribution in [0.1, 0.15) is 21.9 Å². The Morgan fingerprint density at radius 3 is 2.59 bits per heavy atom. The van der Waals surface area contributed by atoms with Crippen LogP contribution in [0.15, 0.2) is 41.2 Å². The Kier molecular flexibility index (Phi) is 4.79.